The number of hydrogen-bond acceptors (Lipinski definition) is 5. The summed E-state index contributed by atoms with van der Waals surface area (Å²) >= 11 is 0. The van der Waals surface area contributed by atoms with Gasteiger partial charge < -0.3 is 15.7 Å². The van der Waals surface area contributed by atoms with Crippen molar-refractivity contribution in [1.82, 2.24) is 10.6 Å². The zero-order valence-corrected chi connectivity index (χ0v) is 17.8. The molecule has 0 aromatic heterocycles. The molecule has 0 spiro atoms. The number of benzene rings is 2. The van der Waals surface area contributed by atoms with Gasteiger partial charge in [0.25, 0.3) is 17.5 Å². The molecule has 0 saturated heterocycles. The van der Waals surface area contributed by atoms with Gasteiger partial charge in [-0.05, 0) is 41.2 Å². The number of non-ortho nitro benzene ring substituents is 1. The van der Waals surface area contributed by atoms with Gasteiger partial charge >= 0.3 is 0 Å². The molecule has 31 heavy (non-hydrogen) atoms. The second-order valence-electron chi connectivity index (χ2n) is 8.02. The van der Waals surface area contributed by atoms with Gasteiger partial charge in [-0.25, -0.2) is 0 Å². The second kappa shape index (κ2) is 10.5. The zero-order chi connectivity index (χ0) is 23.0. The van der Waals surface area contributed by atoms with Crippen LogP contribution >= 0.6 is 0 Å². The number of amides is 2. The topological polar surface area (TPSA) is 122 Å². The Kier molecular flexibility index (Phi) is 8.04. The number of aliphatic hydroxyl groups is 1. The molecule has 2 amide bonds. The van der Waals surface area contributed by atoms with Gasteiger partial charge in [0, 0.05) is 30.8 Å². The van der Waals surface area contributed by atoms with E-state index in [4.69, 9.17) is 5.11 Å². The van der Waals surface area contributed by atoms with Crippen molar-refractivity contribution in [3.8, 4) is 0 Å². The quantitative estimate of drug-likeness (QED) is 0.260. The van der Waals surface area contributed by atoms with Crippen molar-refractivity contribution in [3.63, 3.8) is 0 Å². The molecule has 164 valence electrons. The van der Waals surface area contributed by atoms with Crippen LogP contribution in [0, 0.1) is 10.1 Å². The molecule has 0 heterocycles. The largest absolute Gasteiger partial charge is 0.396 e. The lowest BCUT2D eigenvalue weighted by Gasteiger charge is -2.19. The van der Waals surface area contributed by atoms with E-state index in [-0.39, 0.29) is 30.0 Å². The molecule has 0 aliphatic carbocycles. The monoisotopic (exact) mass is 425 g/mol. The number of nitro benzene ring substituents is 1. The molecule has 0 unspecified atom stereocenters. The van der Waals surface area contributed by atoms with Crippen LogP contribution in [0.3, 0.4) is 0 Å². The maximum absolute atomic E-state index is 12.7. The molecular formula is C23H27N3O5. The number of carbonyl (C=O) groups excluding carboxylic acids is 2. The first kappa shape index (κ1) is 23.8. The molecule has 0 saturated carbocycles. The van der Waals surface area contributed by atoms with Crippen LogP contribution in [0.25, 0.3) is 6.08 Å². The average Bonchev–Trinajstić information content (AvgIpc) is 2.73. The summed E-state index contributed by atoms with van der Waals surface area (Å²) in [5.41, 5.74) is 1.60. The van der Waals surface area contributed by atoms with Crippen molar-refractivity contribution in [2.75, 3.05) is 13.2 Å². The normalized spacial score (nSPS) is 11.7. The lowest BCUT2D eigenvalue weighted by molar-refractivity contribution is -0.384. The van der Waals surface area contributed by atoms with Crippen LogP contribution in [0.1, 0.15) is 48.7 Å². The van der Waals surface area contributed by atoms with Crippen LogP contribution in [-0.2, 0) is 10.2 Å². The van der Waals surface area contributed by atoms with E-state index >= 15 is 0 Å². The van der Waals surface area contributed by atoms with E-state index in [0.717, 1.165) is 5.56 Å². The molecule has 0 bridgehead atoms. The van der Waals surface area contributed by atoms with Crippen molar-refractivity contribution < 1.29 is 19.6 Å². The maximum Gasteiger partial charge on any atom is 0.270 e. The van der Waals surface area contributed by atoms with Crippen LogP contribution in [0.5, 0.6) is 0 Å². The first-order valence-corrected chi connectivity index (χ1v) is 9.89. The van der Waals surface area contributed by atoms with E-state index in [9.17, 15) is 19.7 Å². The molecule has 0 radical (unpaired) electrons. The first-order valence-electron chi connectivity index (χ1n) is 9.89. The van der Waals surface area contributed by atoms with Gasteiger partial charge in [0.2, 0.25) is 0 Å². The third kappa shape index (κ3) is 7.04. The summed E-state index contributed by atoms with van der Waals surface area (Å²) in [6.07, 6.45) is 1.74. The molecule has 0 atom stereocenters. The van der Waals surface area contributed by atoms with Crippen molar-refractivity contribution in [2.45, 2.75) is 32.6 Å². The fourth-order valence-electron chi connectivity index (χ4n) is 2.75. The number of carbonyl (C=O) groups is 2. The molecule has 3 N–H and O–H groups in total. The van der Waals surface area contributed by atoms with Crippen LogP contribution in [0.4, 0.5) is 5.69 Å². The summed E-state index contributed by atoms with van der Waals surface area (Å²) in [5, 5.41) is 25.1. The number of aliphatic hydroxyl groups excluding tert-OH is 1. The summed E-state index contributed by atoms with van der Waals surface area (Å²) in [6.45, 7) is 6.34. The minimum Gasteiger partial charge on any atom is -0.396 e. The Morgan fingerprint density at radius 2 is 1.81 bits per heavy atom. The van der Waals surface area contributed by atoms with Crippen molar-refractivity contribution in [1.29, 1.82) is 0 Å². The van der Waals surface area contributed by atoms with E-state index < -0.39 is 16.7 Å². The van der Waals surface area contributed by atoms with Crippen molar-refractivity contribution in [2.24, 2.45) is 0 Å². The Bertz CT molecular complexity index is 975. The molecule has 0 aliphatic heterocycles. The standard InChI is InChI=1S/C23H27N3O5/c1-23(2,3)18-10-8-17(9-11-18)21(28)25-20(22(29)24-12-5-13-27)15-16-6-4-7-19(14-16)26(30)31/h4,6-11,14-15,27H,5,12-13H2,1-3H3,(H,24,29)(H,25,28)/b20-15-. The van der Waals surface area contributed by atoms with Gasteiger partial charge in [-0.1, -0.05) is 45.0 Å². The second-order valence-corrected chi connectivity index (χ2v) is 8.02. The summed E-state index contributed by atoms with van der Waals surface area (Å²) in [6, 6.07) is 12.8. The minimum atomic E-state index is -0.556. The lowest BCUT2D eigenvalue weighted by Crippen LogP contribution is -2.35. The third-order valence-electron chi connectivity index (χ3n) is 4.52. The van der Waals surface area contributed by atoms with Gasteiger partial charge in [-0.2, -0.15) is 0 Å². The molecule has 8 heteroatoms. The Hall–Kier alpha value is -3.52. The predicted molar refractivity (Wildman–Crippen MR) is 118 cm³/mol. The Morgan fingerprint density at radius 3 is 2.39 bits per heavy atom. The predicted octanol–water partition coefficient (Wildman–Crippen LogP) is 3.16. The fraction of sp³-hybridized carbons (Fsp3) is 0.304. The first-order chi connectivity index (χ1) is 14.6. The van der Waals surface area contributed by atoms with E-state index in [1.54, 1.807) is 18.2 Å². The van der Waals surface area contributed by atoms with E-state index in [0.29, 0.717) is 17.5 Å². The molecular weight excluding hydrogens is 398 g/mol. The van der Waals surface area contributed by atoms with E-state index in [2.05, 4.69) is 31.4 Å². The number of hydrogen-bond donors (Lipinski definition) is 3. The van der Waals surface area contributed by atoms with Crippen LogP contribution in [0.15, 0.2) is 54.2 Å². The highest BCUT2D eigenvalue weighted by atomic mass is 16.6. The highest BCUT2D eigenvalue weighted by Gasteiger charge is 2.17. The number of nitrogens with zero attached hydrogens (tertiary/aromatic N) is 1. The molecule has 2 rings (SSSR count). The Morgan fingerprint density at radius 1 is 1.13 bits per heavy atom. The van der Waals surface area contributed by atoms with E-state index in [1.807, 2.05) is 12.1 Å². The SMILES string of the molecule is CC(C)(C)c1ccc(C(=O)N/C(=C\c2cccc([N+](=O)[O-])c2)C(=O)NCCCO)cc1. The number of nitro groups is 1. The highest BCUT2D eigenvalue weighted by molar-refractivity contribution is 6.05. The van der Waals surface area contributed by atoms with Gasteiger partial charge in [0.05, 0.1) is 4.92 Å². The fourth-order valence-corrected chi connectivity index (χ4v) is 2.75. The Balaban J connectivity index is 2.30. The molecule has 0 aliphatic rings. The third-order valence-corrected chi connectivity index (χ3v) is 4.52. The summed E-state index contributed by atoms with van der Waals surface area (Å²) < 4.78 is 0. The van der Waals surface area contributed by atoms with Gasteiger partial charge in [0.1, 0.15) is 5.70 Å². The lowest BCUT2D eigenvalue weighted by atomic mass is 9.87. The van der Waals surface area contributed by atoms with Crippen molar-refractivity contribution >= 4 is 23.6 Å². The summed E-state index contributed by atoms with van der Waals surface area (Å²) in [4.78, 5) is 35.8. The average molecular weight is 425 g/mol. The zero-order valence-electron chi connectivity index (χ0n) is 17.8. The molecule has 2 aromatic rings. The molecule has 0 fully saturated rings. The number of nitrogens with one attached hydrogen (secondary N) is 2. The molecule has 2 aromatic carbocycles. The van der Waals surface area contributed by atoms with Gasteiger partial charge in [-0.15, -0.1) is 0 Å². The maximum atomic E-state index is 12.7. The van der Waals surface area contributed by atoms with Gasteiger partial charge in [0.15, 0.2) is 0 Å². The van der Waals surface area contributed by atoms with E-state index in [1.165, 1.54) is 24.3 Å². The minimum absolute atomic E-state index is 0.0525. The van der Waals surface area contributed by atoms with Crippen LogP contribution < -0.4 is 10.6 Å². The van der Waals surface area contributed by atoms with Crippen molar-refractivity contribution in [3.05, 3.63) is 81.0 Å². The number of rotatable bonds is 8. The van der Waals surface area contributed by atoms with Gasteiger partial charge in [-0.3, -0.25) is 19.7 Å². The van der Waals surface area contributed by atoms with Crippen LogP contribution in [-0.4, -0.2) is 35.0 Å². The van der Waals surface area contributed by atoms with Crippen LogP contribution in [0.2, 0.25) is 0 Å². The summed E-state index contributed by atoms with van der Waals surface area (Å²) in [5.74, 6) is -1.03. The highest BCUT2D eigenvalue weighted by Crippen LogP contribution is 2.22. The smallest absolute Gasteiger partial charge is 0.270 e. The molecule has 8 nitrogen and oxygen atoms in total. The summed E-state index contributed by atoms with van der Waals surface area (Å²) in [7, 11) is 0. The Labute approximate surface area is 181 Å².